The summed E-state index contributed by atoms with van der Waals surface area (Å²) in [4.78, 5) is 28.8. The van der Waals surface area contributed by atoms with Crippen molar-refractivity contribution in [1.82, 2.24) is 9.55 Å². The Morgan fingerprint density at radius 3 is 2.71 bits per heavy atom. The molecule has 24 heavy (non-hydrogen) atoms. The van der Waals surface area contributed by atoms with Crippen LogP contribution in [0.5, 0.6) is 0 Å². The van der Waals surface area contributed by atoms with Crippen LogP contribution in [0.2, 0.25) is 5.02 Å². The first-order valence-electron chi connectivity index (χ1n) is 7.26. The van der Waals surface area contributed by atoms with Crippen molar-refractivity contribution in [2.75, 3.05) is 5.32 Å². The third kappa shape index (κ3) is 3.36. The highest BCUT2D eigenvalue weighted by Gasteiger charge is 2.12. The van der Waals surface area contributed by atoms with Gasteiger partial charge in [0.25, 0.3) is 11.5 Å². The van der Waals surface area contributed by atoms with E-state index in [9.17, 15) is 9.59 Å². The summed E-state index contributed by atoms with van der Waals surface area (Å²) in [6.07, 6.45) is 2.98. The molecule has 0 saturated heterocycles. The highest BCUT2D eigenvalue weighted by Crippen LogP contribution is 2.13. The van der Waals surface area contributed by atoms with Crippen molar-refractivity contribution in [1.29, 1.82) is 0 Å². The summed E-state index contributed by atoms with van der Waals surface area (Å²) in [5, 5.41) is 3.08. The molecule has 0 radical (unpaired) electrons. The summed E-state index contributed by atoms with van der Waals surface area (Å²) in [5.41, 5.74) is 1.59. The molecular weight excluding hydrogens is 326 g/mol. The predicted molar refractivity (Wildman–Crippen MR) is 94.0 cm³/mol. The van der Waals surface area contributed by atoms with Gasteiger partial charge in [-0.2, -0.15) is 0 Å². The van der Waals surface area contributed by atoms with E-state index in [0.717, 1.165) is 5.56 Å². The predicted octanol–water partition coefficient (Wildman–Crippen LogP) is 3.45. The SMILES string of the molecule is Cc1cccc(C(=O)Nc2nccn(-c3cccc(Cl)c3)c2=O)c1. The zero-order valence-electron chi connectivity index (χ0n) is 12.9. The van der Waals surface area contributed by atoms with E-state index in [1.807, 2.05) is 13.0 Å². The largest absolute Gasteiger partial charge is 0.302 e. The number of anilines is 1. The number of nitrogens with zero attached hydrogens (tertiary/aromatic N) is 2. The van der Waals surface area contributed by atoms with Crippen LogP contribution in [-0.4, -0.2) is 15.5 Å². The van der Waals surface area contributed by atoms with Crippen LogP contribution in [0.3, 0.4) is 0 Å². The van der Waals surface area contributed by atoms with Gasteiger partial charge in [-0.15, -0.1) is 0 Å². The van der Waals surface area contributed by atoms with E-state index in [4.69, 9.17) is 11.6 Å². The molecule has 3 aromatic rings. The van der Waals surface area contributed by atoms with Gasteiger partial charge in [-0.1, -0.05) is 35.4 Å². The monoisotopic (exact) mass is 339 g/mol. The lowest BCUT2D eigenvalue weighted by molar-refractivity contribution is 0.102. The molecule has 0 spiro atoms. The molecule has 5 nitrogen and oxygen atoms in total. The van der Waals surface area contributed by atoms with E-state index in [-0.39, 0.29) is 11.7 Å². The summed E-state index contributed by atoms with van der Waals surface area (Å²) < 4.78 is 1.38. The summed E-state index contributed by atoms with van der Waals surface area (Å²) in [5.74, 6) is -0.420. The Morgan fingerprint density at radius 2 is 1.96 bits per heavy atom. The van der Waals surface area contributed by atoms with Crippen LogP contribution in [0.1, 0.15) is 15.9 Å². The maximum absolute atomic E-state index is 12.6. The summed E-state index contributed by atoms with van der Waals surface area (Å²) in [7, 11) is 0. The van der Waals surface area contributed by atoms with Gasteiger partial charge in [-0.3, -0.25) is 14.2 Å². The minimum Gasteiger partial charge on any atom is -0.302 e. The maximum atomic E-state index is 12.6. The van der Waals surface area contributed by atoms with Gasteiger partial charge in [0.2, 0.25) is 0 Å². The van der Waals surface area contributed by atoms with Crippen LogP contribution in [0.15, 0.2) is 65.7 Å². The zero-order chi connectivity index (χ0) is 17.1. The molecule has 0 atom stereocenters. The third-order valence-corrected chi connectivity index (χ3v) is 3.67. The van der Waals surface area contributed by atoms with Gasteiger partial charge < -0.3 is 5.32 Å². The number of aryl methyl sites for hydroxylation is 1. The van der Waals surface area contributed by atoms with Crippen LogP contribution >= 0.6 is 11.6 Å². The van der Waals surface area contributed by atoms with Crippen LogP contribution < -0.4 is 10.9 Å². The topological polar surface area (TPSA) is 64.0 Å². The first-order valence-corrected chi connectivity index (χ1v) is 7.64. The first kappa shape index (κ1) is 16.0. The van der Waals surface area contributed by atoms with Crippen LogP contribution in [0, 0.1) is 6.92 Å². The summed E-state index contributed by atoms with van der Waals surface area (Å²) >= 11 is 5.97. The van der Waals surface area contributed by atoms with Gasteiger partial charge in [0.05, 0.1) is 5.69 Å². The number of nitrogens with one attached hydrogen (secondary N) is 1. The Kier molecular flexibility index (Phi) is 4.44. The molecule has 0 bridgehead atoms. The molecule has 1 heterocycles. The minimum absolute atomic E-state index is 0.0380. The molecule has 2 aromatic carbocycles. The molecule has 120 valence electrons. The van der Waals surface area contributed by atoms with E-state index < -0.39 is 5.56 Å². The fraction of sp³-hybridized carbons (Fsp3) is 0.0556. The normalized spacial score (nSPS) is 10.4. The number of amides is 1. The maximum Gasteiger partial charge on any atom is 0.298 e. The lowest BCUT2D eigenvalue weighted by Crippen LogP contribution is -2.26. The Balaban J connectivity index is 1.94. The number of hydrogen-bond donors (Lipinski definition) is 1. The lowest BCUT2D eigenvalue weighted by atomic mass is 10.1. The van der Waals surface area contributed by atoms with E-state index in [1.165, 1.54) is 17.0 Å². The van der Waals surface area contributed by atoms with Crippen LogP contribution in [0.25, 0.3) is 5.69 Å². The summed E-state index contributed by atoms with van der Waals surface area (Å²) in [6.45, 7) is 1.89. The standard InChI is InChI=1S/C18H14ClN3O2/c1-12-4-2-5-13(10-12)17(23)21-16-18(24)22(9-8-20-16)15-7-3-6-14(19)11-15/h2-11H,1H3,(H,20,21,23). The summed E-state index contributed by atoms with van der Waals surface area (Å²) in [6, 6.07) is 14.0. The number of aromatic nitrogens is 2. The molecule has 1 aromatic heterocycles. The van der Waals surface area contributed by atoms with Gasteiger partial charge in [0.1, 0.15) is 0 Å². The highest BCUT2D eigenvalue weighted by atomic mass is 35.5. The lowest BCUT2D eigenvalue weighted by Gasteiger charge is -2.09. The molecular formula is C18H14ClN3O2. The molecule has 3 rings (SSSR count). The molecule has 0 fully saturated rings. The highest BCUT2D eigenvalue weighted by molar-refractivity contribution is 6.30. The Hall–Kier alpha value is -2.92. The van der Waals surface area contributed by atoms with Crippen molar-refractivity contribution < 1.29 is 4.79 Å². The molecule has 0 aliphatic rings. The molecule has 0 unspecified atom stereocenters. The minimum atomic E-state index is -0.430. The van der Waals surface area contributed by atoms with E-state index in [1.54, 1.807) is 42.5 Å². The zero-order valence-corrected chi connectivity index (χ0v) is 13.6. The molecule has 0 saturated carbocycles. The first-order chi connectivity index (χ1) is 11.5. The Bertz CT molecular complexity index is 966. The third-order valence-electron chi connectivity index (χ3n) is 3.44. The van der Waals surface area contributed by atoms with Crippen LogP contribution in [-0.2, 0) is 0 Å². The van der Waals surface area contributed by atoms with Crippen LogP contribution in [0.4, 0.5) is 5.82 Å². The van der Waals surface area contributed by atoms with Gasteiger partial charge >= 0.3 is 0 Å². The Morgan fingerprint density at radius 1 is 1.17 bits per heavy atom. The van der Waals surface area contributed by atoms with Gasteiger partial charge in [-0.05, 0) is 37.3 Å². The van der Waals surface area contributed by atoms with Gasteiger partial charge in [0, 0.05) is 23.0 Å². The average molecular weight is 340 g/mol. The smallest absolute Gasteiger partial charge is 0.298 e. The molecule has 1 amide bonds. The fourth-order valence-corrected chi connectivity index (χ4v) is 2.48. The Labute approximate surface area is 143 Å². The number of rotatable bonds is 3. The van der Waals surface area contributed by atoms with E-state index in [0.29, 0.717) is 16.3 Å². The molecule has 0 aliphatic carbocycles. The van der Waals surface area contributed by atoms with Crippen molar-refractivity contribution in [2.45, 2.75) is 6.92 Å². The number of halogens is 1. The van der Waals surface area contributed by atoms with Crippen molar-refractivity contribution in [3.63, 3.8) is 0 Å². The number of carbonyl (C=O) groups is 1. The number of hydrogen-bond acceptors (Lipinski definition) is 3. The van der Waals surface area contributed by atoms with Crippen molar-refractivity contribution in [2.24, 2.45) is 0 Å². The van der Waals surface area contributed by atoms with Gasteiger partial charge in [-0.25, -0.2) is 4.98 Å². The number of benzene rings is 2. The fourth-order valence-electron chi connectivity index (χ4n) is 2.29. The van der Waals surface area contributed by atoms with Crippen molar-refractivity contribution in [3.05, 3.63) is 87.4 Å². The van der Waals surface area contributed by atoms with E-state index in [2.05, 4.69) is 10.3 Å². The average Bonchev–Trinajstić information content (AvgIpc) is 2.56. The second-order valence-electron chi connectivity index (χ2n) is 5.25. The van der Waals surface area contributed by atoms with Gasteiger partial charge in [0.15, 0.2) is 5.82 Å². The molecule has 1 N–H and O–H groups in total. The van der Waals surface area contributed by atoms with Crippen molar-refractivity contribution >= 4 is 23.3 Å². The molecule has 0 aliphatic heterocycles. The molecule has 6 heteroatoms. The van der Waals surface area contributed by atoms with E-state index >= 15 is 0 Å². The second-order valence-corrected chi connectivity index (χ2v) is 5.69. The second kappa shape index (κ2) is 6.68. The number of carbonyl (C=O) groups excluding carboxylic acids is 1. The van der Waals surface area contributed by atoms with Crippen molar-refractivity contribution in [3.8, 4) is 5.69 Å². The quantitative estimate of drug-likeness (QED) is 0.795.